The number of benzene rings is 3. The maximum atomic E-state index is 12.9. The number of hydrogen-bond donors (Lipinski definition) is 2. The van der Waals surface area contributed by atoms with Crippen LogP contribution >= 0.6 is 11.8 Å². The van der Waals surface area contributed by atoms with Crippen molar-refractivity contribution >= 4 is 29.3 Å². The summed E-state index contributed by atoms with van der Waals surface area (Å²) in [5.41, 5.74) is 5.38. The standard InChI is InChI=1S/C31H35N5O3S/c1-5-6-16-39-26-14-12-24(13-15-26)30(38)32-19-28-34-35-31(36(28)27-18-22(3)10-11-23(27)4)40-20-29(37)33-25-9-7-8-21(2)17-25/h7-15,17-18H,5-6,16,19-20H2,1-4H3,(H,32,38)(H,33,37). The zero-order valence-corrected chi connectivity index (χ0v) is 24.2. The van der Waals surface area contributed by atoms with E-state index in [0.29, 0.717) is 23.2 Å². The number of aryl methyl sites for hydroxylation is 3. The number of anilines is 1. The monoisotopic (exact) mass is 557 g/mol. The quantitative estimate of drug-likeness (QED) is 0.163. The Kier molecular flexibility index (Phi) is 9.96. The summed E-state index contributed by atoms with van der Waals surface area (Å²) in [6.07, 6.45) is 2.05. The molecule has 4 rings (SSSR count). The van der Waals surface area contributed by atoms with Gasteiger partial charge in [-0.05, 0) is 86.3 Å². The topological polar surface area (TPSA) is 98.1 Å². The molecule has 0 aliphatic carbocycles. The number of rotatable bonds is 12. The Bertz CT molecular complexity index is 1470. The molecule has 2 amide bonds. The highest BCUT2D eigenvalue weighted by atomic mass is 32.2. The van der Waals surface area contributed by atoms with Gasteiger partial charge in [-0.3, -0.25) is 14.2 Å². The van der Waals surface area contributed by atoms with E-state index in [2.05, 4.69) is 33.8 Å². The number of ether oxygens (including phenoxy) is 1. The molecule has 9 heteroatoms. The molecular weight excluding hydrogens is 522 g/mol. The van der Waals surface area contributed by atoms with Crippen LogP contribution in [0.15, 0.2) is 71.9 Å². The number of unbranched alkanes of at least 4 members (excludes halogenated alkanes) is 1. The van der Waals surface area contributed by atoms with Gasteiger partial charge >= 0.3 is 0 Å². The lowest BCUT2D eigenvalue weighted by atomic mass is 10.1. The van der Waals surface area contributed by atoms with Crippen LogP contribution < -0.4 is 15.4 Å². The van der Waals surface area contributed by atoms with Crippen LogP contribution in [0.25, 0.3) is 5.69 Å². The predicted octanol–water partition coefficient (Wildman–Crippen LogP) is 6.03. The fourth-order valence-electron chi connectivity index (χ4n) is 4.06. The molecule has 40 heavy (non-hydrogen) atoms. The molecule has 0 saturated heterocycles. The van der Waals surface area contributed by atoms with Crippen molar-refractivity contribution in [2.45, 2.75) is 52.2 Å². The summed E-state index contributed by atoms with van der Waals surface area (Å²) >= 11 is 1.30. The third-order valence-electron chi connectivity index (χ3n) is 6.23. The average Bonchev–Trinajstić information content (AvgIpc) is 3.35. The highest BCUT2D eigenvalue weighted by Gasteiger charge is 2.19. The third kappa shape index (κ3) is 7.72. The minimum absolute atomic E-state index is 0.136. The maximum Gasteiger partial charge on any atom is 0.251 e. The molecule has 1 aromatic heterocycles. The number of amides is 2. The zero-order valence-electron chi connectivity index (χ0n) is 23.4. The van der Waals surface area contributed by atoms with Gasteiger partial charge in [-0.15, -0.1) is 10.2 Å². The molecule has 0 atom stereocenters. The first-order valence-corrected chi connectivity index (χ1v) is 14.3. The van der Waals surface area contributed by atoms with Crippen molar-refractivity contribution in [2.75, 3.05) is 17.7 Å². The van der Waals surface area contributed by atoms with E-state index in [1.807, 2.05) is 61.7 Å². The molecule has 0 radical (unpaired) electrons. The molecule has 0 spiro atoms. The maximum absolute atomic E-state index is 12.9. The van der Waals surface area contributed by atoms with Crippen molar-refractivity contribution in [3.8, 4) is 11.4 Å². The van der Waals surface area contributed by atoms with Gasteiger partial charge in [-0.25, -0.2) is 0 Å². The minimum atomic E-state index is -0.220. The van der Waals surface area contributed by atoms with Crippen LogP contribution in [0.5, 0.6) is 5.75 Å². The van der Waals surface area contributed by atoms with Crippen LogP contribution in [0.3, 0.4) is 0 Å². The van der Waals surface area contributed by atoms with Crippen molar-refractivity contribution in [2.24, 2.45) is 0 Å². The van der Waals surface area contributed by atoms with Crippen molar-refractivity contribution in [1.29, 1.82) is 0 Å². The van der Waals surface area contributed by atoms with Gasteiger partial charge in [-0.1, -0.05) is 49.4 Å². The Balaban J connectivity index is 1.48. The van der Waals surface area contributed by atoms with E-state index < -0.39 is 0 Å². The SMILES string of the molecule is CCCCOc1ccc(C(=O)NCc2nnc(SCC(=O)Nc3cccc(C)c3)n2-c2cc(C)ccc2C)cc1. The van der Waals surface area contributed by atoms with E-state index >= 15 is 0 Å². The molecule has 0 unspecified atom stereocenters. The summed E-state index contributed by atoms with van der Waals surface area (Å²) in [5, 5.41) is 15.2. The molecule has 0 aliphatic heterocycles. The van der Waals surface area contributed by atoms with Crippen LogP contribution in [0.1, 0.15) is 52.6 Å². The number of aromatic nitrogens is 3. The Morgan fingerprint density at radius 3 is 2.48 bits per heavy atom. The fraction of sp³-hybridized carbons (Fsp3) is 0.290. The van der Waals surface area contributed by atoms with E-state index in [-0.39, 0.29) is 24.1 Å². The average molecular weight is 558 g/mol. The molecule has 3 aromatic carbocycles. The largest absolute Gasteiger partial charge is 0.494 e. The van der Waals surface area contributed by atoms with Gasteiger partial charge in [0.25, 0.3) is 5.91 Å². The minimum Gasteiger partial charge on any atom is -0.494 e. The van der Waals surface area contributed by atoms with Gasteiger partial charge in [0, 0.05) is 11.3 Å². The second kappa shape index (κ2) is 13.8. The Labute approximate surface area is 239 Å². The number of thioether (sulfide) groups is 1. The summed E-state index contributed by atoms with van der Waals surface area (Å²) in [6, 6.07) is 20.9. The van der Waals surface area contributed by atoms with Gasteiger partial charge in [0.05, 0.1) is 24.6 Å². The van der Waals surface area contributed by atoms with Gasteiger partial charge in [0.15, 0.2) is 11.0 Å². The molecule has 0 bridgehead atoms. The number of nitrogens with one attached hydrogen (secondary N) is 2. The second-order valence-corrected chi connectivity index (χ2v) is 10.6. The fourth-order valence-corrected chi connectivity index (χ4v) is 4.82. The molecular formula is C31H35N5O3S. The van der Waals surface area contributed by atoms with Crippen LogP contribution in [-0.2, 0) is 11.3 Å². The summed E-state index contributed by atoms with van der Waals surface area (Å²) in [7, 11) is 0. The van der Waals surface area contributed by atoms with E-state index in [4.69, 9.17) is 4.74 Å². The van der Waals surface area contributed by atoms with Crippen molar-refractivity contribution < 1.29 is 14.3 Å². The Morgan fingerprint density at radius 1 is 0.950 bits per heavy atom. The number of carbonyl (C=O) groups excluding carboxylic acids is 2. The first-order chi connectivity index (χ1) is 19.3. The van der Waals surface area contributed by atoms with Crippen LogP contribution in [0, 0.1) is 20.8 Å². The van der Waals surface area contributed by atoms with E-state index in [1.165, 1.54) is 11.8 Å². The van der Waals surface area contributed by atoms with Crippen molar-refractivity contribution in [1.82, 2.24) is 20.1 Å². The van der Waals surface area contributed by atoms with Gasteiger partial charge in [-0.2, -0.15) is 0 Å². The molecule has 2 N–H and O–H groups in total. The van der Waals surface area contributed by atoms with E-state index in [0.717, 1.165) is 46.7 Å². The van der Waals surface area contributed by atoms with Gasteiger partial charge in [0.2, 0.25) is 5.91 Å². The predicted molar refractivity (Wildman–Crippen MR) is 159 cm³/mol. The highest BCUT2D eigenvalue weighted by Crippen LogP contribution is 2.26. The Morgan fingerprint density at radius 2 is 1.73 bits per heavy atom. The third-order valence-corrected chi connectivity index (χ3v) is 7.16. The second-order valence-electron chi connectivity index (χ2n) is 9.64. The molecule has 0 saturated carbocycles. The summed E-state index contributed by atoms with van der Waals surface area (Å²) in [4.78, 5) is 25.6. The Hall–Kier alpha value is -4.11. The summed E-state index contributed by atoms with van der Waals surface area (Å²) < 4.78 is 7.61. The lowest BCUT2D eigenvalue weighted by molar-refractivity contribution is -0.113. The van der Waals surface area contributed by atoms with Crippen LogP contribution in [0.2, 0.25) is 0 Å². The lowest BCUT2D eigenvalue weighted by Gasteiger charge is -2.14. The normalized spacial score (nSPS) is 10.8. The van der Waals surface area contributed by atoms with E-state index in [9.17, 15) is 9.59 Å². The summed E-state index contributed by atoms with van der Waals surface area (Å²) in [5.74, 6) is 1.12. The molecule has 208 valence electrons. The summed E-state index contributed by atoms with van der Waals surface area (Å²) in [6.45, 7) is 8.96. The first-order valence-electron chi connectivity index (χ1n) is 13.4. The first kappa shape index (κ1) is 28.9. The molecule has 4 aromatic rings. The van der Waals surface area contributed by atoms with Crippen LogP contribution in [-0.4, -0.2) is 38.9 Å². The van der Waals surface area contributed by atoms with Gasteiger partial charge < -0.3 is 15.4 Å². The molecule has 1 heterocycles. The number of carbonyl (C=O) groups is 2. The molecule has 8 nitrogen and oxygen atoms in total. The molecule has 0 fully saturated rings. The highest BCUT2D eigenvalue weighted by molar-refractivity contribution is 7.99. The lowest BCUT2D eigenvalue weighted by Crippen LogP contribution is -2.24. The zero-order chi connectivity index (χ0) is 28.5. The van der Waals surface area contributed by atoms with Crippen molar-refractivity contribution in [3.63, 3.8) is 0 Å². The van der Waals surface area contributed by atoms with Crippen LogP contribution in [0.4, 0.5) is 5.69 Å². The smallest absolute Gasteiger partial charge is 0.251 e. The van der Waals surface area contributed by atoms with Gasteiger partial charge in [0.1, 0.15) is 5.75 Å². The molecule has 0 aliphatic rings. The van der Waals surface area contributed by atoms with Crippen molar-refractivity contribution in [3.05, 3.63) is 94.8 Å². The number of nitrogens with zero attached hydrogens (tertiary/aromatic N) is 3. The van der Waals surface area contributed by atoms with E-state index in [1.54, 1.807) is 24.3 Å². The number of hydrogen-bond acceptors (Lipinski definition) is 6.